The molecule has 1 aromatic heterocycles. The van der Waals surface area contributed by atoms with E-state index in [4.69, 9.17) is 9.52 Å². The van der Waals surface area contributed by atoms with Crippen LogP contribution in [0.2, 0.25) is 0 Å². The molecule has 0 aliphatic heterocycles. The highest BCUT2D eigenvalue weighted by molar-refractivity contribution is 5.44. The van der Waals surface area contributed by atoms with E-state index in [2.05, 4.69) is 18.7 Å². The summed E-state index contributed by atoms with van der Waals surface area (Å²) in [4.78, 5) is 0. The van der Waals surface area contributed by atoms with Crippen molar-refractivity contribution in [2.75, 3.05) is 6.61 Å². The summed E-state index contributed by atoms with van der Waals surface area (Å²) in [5, 5.41) is 18.3. The highest BCUT2D eigenvalue weighted by Crippen LogP contribution is 2.36. The van der Waals surface area contributed by atoms with Gasteiger partial charge in [0.1, 0.15) is 18.1 Å². The molecule has 1 aromatic rings. The van der Waals surface area contributed by atoms with E-state index in [-0.39, 0.29) is 13.2 Å². The van der Waals surface area contributed by atoms with Crippen molar-refractivity contribution in [3.05, 3.63) is 70.8 Å². The fourth-order valence-electron chi connectivity index (χ4n) is 3.42. The molecule has 0 aromatic carbocycles. The van der Waals surface area contributed by atoms with Gasteiger partial charge in [0.25, 0.3) is 0 Å². The van der Waals surface area contributed by atoms with Crippen LogP contribution in [0.3, 0.4) is 0 Å². The molecule has 122 valence electrons. The first-order valence-electron chi connectivity index (χ1n) is 8.27. The summed E-state index contributed by atoms with van der Waals surface area (Å²) < 4.78 is 5.62. The summed E-state index contributed by atoms with van der Waals surface area (Å²) in [7, 11) is 0. The van der Waals surface area contributed by atoms with Crippen molar-refractivity contribution in [1.82, 2.24) is 0 Å². The van der Waals surface area contributed by atoms with Gasteiger partial charge in [-0.15, -0.1) is 0 Å². The lowest BCUT2D eigenvalue weighted by Gasteiger charge is -2.27. The SMILES string of the molecule is C=C1/C(=C/C2=CC=C(CO)C2)CCCC1Cc1ccc(CO)o1. The molecule has 0 spiro atoms. The highest BCUT2D eigenvalue weighted by Gasteiger charge is 2.23. The van der Waals surface area contributed by atoms with Crippen LogP contribution in [0.25, 0.3) is 0 Å². The van der Waals surface area contributed by atoms with Crippen LogP contribution in [-0.4, -0.2) is 16.8 Å². The Hall–Kier alpha value is -1.84. The Labute approximate surface area is 137 Å². The molecular formula is C20H24O3. The van der Waals surface area contributed by atoms with E-state index >= 15 is 0 Å². The summed E-state index contributed by atoms with van der Waals surface area (Å²) in [5.74, 6) is 1.95. The lowest BCUT2D eigenvalue weighted by molar-refractivity contribution is 0.242. The summed E-state index contributed by atoms with van der Waals surface area (Å²) >= 11 is 0. The number of rotatable bonds is 5. The van der Waals surface area contributed by atoms with Gasteiger partial charge in [-0.3, -0.25) is 0 Å². The van der Waals surface area contributed by atoms with Crippen LogP contribution < -0.4 is 0 Å². The van der Waals surface area contributed by atoms with Gasteiger partial charge in [0.15, 0.2) is 0 Å². The fraction of sp³-hybridized carbons (Fsp3) is 0.400. The first-order chi connectivity index (χ1) is 11.2. The second kappa shape index (κ2) is 7.16. The minimum absolute atomic E-state index is 0.0505. The van der Waals surface area contributed by atoms with E-state index in [0.717, 1.165) is 43.4 Å². The predicted molar refractivity (Wildman–Crippen MR) is 90.8 cm³/mol. The molecule has 0 amide bonds. The van der Waals surface area contributed by atoms with E-state index in [1.54, 1.807) is 0 Å². The van der Waals surface area contributed by atoms with E-state index in [1.807, 2.05) is 18.2 Å². The third-order valence-corrected chi connectivity index (χ3v) is 4.75. The largest absolute Gasteiger partial charge is 0.464 e. The van der Waals surface area contributed by atoms with Crippen LogP contribution in [0.1, 0.15) is 37.2 Å². The summed E-state index contributed by atoms with van der Waals surface area (Å²) in [5.41, 5.74) is 4.86. The number of hydrogen-bond donors (Lipinski definition) is 2. The van der Waals surface area contributed by atoms with Gasteiger partial charge in [-0.25, -0.2) is 0 Å². The van der Waals surface area contributed by atoms with Crippen molar-refractivity contribution in [3.63, 3.8) is 0 Å². The van der Waals surface area contributed by atoms with Crippen molar-refractivity contribution in [2.24, 2.45) is 5.92 Å². The van der Waals surface area contributed by atoms with E-state index in [0.29, 0.717) is 11.7 Å². The van der Waals surface area contributed by atoms with Gasteiger partial charge in [0.05, 0.1) is 6.61 Å². The van der Waals surface area contributed by atoms with Gasteiger partial charge in [-0.2, -0.15) is 0 Å². The average Bonchev–Trinajstić information content (AvgIpc) is 3.20. The number of furan rings is 1. The van der Waals surface area contributed by atoms with Gasteiger partial charge in [0, 0.05) is 6.42 Å². The molecule has 3 heteroatoms. The summed E-state index contributed by atoms with van der Waals surface area (Å²) in [6.45, 7) is 4.42. The molecule has 2 N–H and O–H groups in total. The minimum Gasteiger partial charge on any atom is -0.464 e. The first kappa shape index (κ1) is 16.0. The van der Waals surface area contributed by atoms with Crippen LogP contribution in [-0.2, 0) is 13.0 Å². The number of allylic oxidation sites excluding steroid dienone is 6. The van der Waals surface area contributed by atoms with Crippen molar-refractivity contribution in [1.29, 1.82) is 0 Å². The molecule has 3 rings (SSSR count). The molecule has 2 aliphatic rings. The molecule has 2 aliphatic carbocycles. The fourth-order valence-corrected chi connectivity index (χ4v) is 3.42. The zero-order valence-corrected chi connectivity index (χ0v) is 13.4. The number of aliphatic hydroxyl groups excluding tert-OH is 2. The Kier molecular flexibility index (Phi) is 4.99. The van der Waals surface area contributed by atoms with Crippen molar-refractivity contribution in [3.8, 4) is 0 Å². The summed E-state index contributed by atoms with van der Waals surface area (Å²) in [6.07, 6.45) is 11.4. The van der Waals surface area contributed by atoms with Crippen LogP contribution in [0.15, 0.2) is 63.6 Å². The van der Waals surface area contributed by atoms with Gasteiger partial charge in [-0.05, 0) is 66.0 Å². The maximum absolute atomic E-state index is 9.20. The number of aliphatic hydroxyl groups is 2. The maximum atomic E-state index is 9.20. The third-order valence-electron chi connectivity index (χ3n) is 4.75. The molecule has 1 unspecified atom stereocenters. The Bertz CT molecular complexity index is 673. The molecule has 0 bridgehead atoms. The second-order valence-electron chi connectivity index (χ2n) is 6.42. The molecule has 1 fully saturated rings. The molecule has 1 atom stereocenters. The maximum Gasteiger partial charge on any atom is 0.129 e. The zero-order valence-electron chi connectivity index (χ0n) is 13.4. The van der Waals surface area contributed by atoms with E-state index in [1.165, 1.54) is 16.7 Å². The lowest BCUT2D eigenvalue weighted by Crippen LogP contribution is -2.14. The Balaban J connectivity index is 1.66. The summed E-state index contributed by atoms with van der Waals surface area (Å²) in [6, 6.07) is 3.79. The Morgan fingerprint density at radius 3 is 2.70 bits per heavy atom. The molecular weight excluding hydrogens is 288 g/mol. The monoisotopic (exact) mass is 312 g/mol. The molecule has 0 saturated heterocycles. The molecule has 23 heavy (non-hydrogen) atoms. The molecule has 1 saturated carbocycles. The Morgan fingerprint density at radius 1 is 1.17 bits per heavy atom. The number of hydrogen-bond acceptors (Lipinski definition) is 3. The van der Waals surface area contributed by atoms with E-state index in [9.17, 15) is 5.11 Å². The second-order valence-corrected chi connectivity index (χ2v) is 6.42. The molecule has 3 nitrogen and oxygen atoms in total. The molecule has 0 radical (unpaired) electrons. The van der Waals surface area contributed by atoms with Gasteiger partial charge in [-0.1, -0.05) is 24.8 Å². The van der Waals surface area contributed by atoms with E-state index < -0.39 is 0 Å². The van der Waals surface area contributed by atoms with Crippen LogP contribution >= 0.6 is 0 Å². The van der Waals surface area contributed by atoms with Crippen molar-refractivity contribution < 1.29 is 14.6 Å². The van der Waals surface area contributed by atoms with Gasteiger partial charge in [0.2, 0.25) is 0 Å². The molecule has 1 heterocycles. The normalized spacial score (nSPS) is 23.3. The zero-order chi connectivity index (χ0) is 16.2. The predicted octanol–water partition coefficient (Wildman–Crippen LogP) is 3.85. The highest BCUT2D eigenvalue weighted by atomic mass is 16.4. The quantitative estimate of drug-likeness (QED) is 0.868. The smallest absolute Gasteiger partial charge is 0.129 e. The Morgan fingerprint density at radius 2 is 2.00 bits per heavy atom. The third kappa shape index (κ3) is 3.74. The topological polar surface area (TPSA) is 53.6 Å². The van der Waals surface area contributed by atoms with Crippen LogP contribution in [0.5, 0.6) is 0 Å². The average molecular weight is 312 g/mol. The first-order valence-corrected chi connectivity index (χ1v) is 8.27. The standard InChI is InChI=1S/C20H24O3/c1-14-17(10-15-5-6-16(9-15)12-21)3-2-4-18(14)11-19-7-8-20(13-22)23-19/h5-8,10,18,21-22H,1-4,9,11-13H2/b17-10+. The minimum atomic E-state index is -0.0505. The van der Waals surface area contributed by atoms with Crippen molar-refractivity contribution in [2.45, 2.75) is 38.7 Å². The van der Waals surface area contributed by atoms with Gasteiger partial charge < -0.3 is 14.6 Å². The van der Waals surface area contributed by atoms with Crippen LogP contribution in [0.4, 0.5) is 0 Å². The van der Waals surface area contributed by atoms with Crippen LogP contribution in [0, 0.1) is 5.92 Å². The van der Waals surface area contributed by atoms with Gasteiger partial charge >= 0.3 is 0 Å². The lowest BCUT2D eigenvalue weighted by atomic mass is 9.78. The van der Waals surface area contributed by atoms with Crippen molar-refractivity contribution >= 4 is 0 Å².